The maximum absolute atomic E-state index is 11.3. The van der Waals surface area contributed by atoms with Crippen LogP contribution in [0, 0.1) is 0 Å². The number of amides is 1. The van der Waals surface area contributed by atoms with Crippen molar-refractivity contribution < 1.29 is 19.1 Å². The number of hydrogen-bond donors (Lipinski definition) is 0. The first-order chi connectivity index (χ1) is 8.19. The fourth-order valence-electron chi connectivity index (χ4n) is 1.38. The van der Waals surface area contributed by atoms with Gasteiger partial charge in [-0.2, -0.15) is 0 Å². The van der Waals surface area contributed by atoms with Crippen LogP contribution in [0.1, 0.15) is 6.92 Å². The van der Waals surface area contributed by atoms with Gasteiger partial charge in [-0.05, 0) is 13.0 Å². The zero-order chi connectivity index (χ0) is 12.7. The second-order valence-corrected chi connectivity index (χ2v) is 3.32. The van der Waals surface area contributed by atoms with E-state index in [2.05, 4.69) is 12.3 Å². The second kappa shape index (κ2) is 6.55. The van der Waals surface area contributed by atoms with Crippen molar-refractivity contribution in [2.45, 2.75) is 13.0 Å². The standard InChI is InChI=1S/C12H15NO4/c1-3-5-8-13-10(9-17-12(13)15)6-7-11(14)16-4-2/h5-7,10H,1,4,8-9H2,2H3/b7-6+/t10-/m0/s1. The number of carbonyl (C=O) groups is 2. The number of hydrogen-bond acceptors (Lipinski definition) is 4. The van der Waals surface area contributed by atoms with E-state index in [9.17, 15) is 9.59 Å². The first-order valence-corrected chi connectivity index (χ1v) is 5.31. The molecule has 0 radical (unpaired) electrons. The fraction of sp³-hybridized carbons (Fsp3) is 0.417. The summed E-state index contributed by atoms with van der Waals surface area (Å²) in [6.45, 7) is 6.07. The van der Waals surface area contributed by atoms with Crippen LogP contribution >= 0.6 is 0 Å². The molecule has 1 heterocycles. The molecule has 17 heavy (non-hydrogen) atoms. The summed E-state index contributed by atoms with van der Waals surface area (Å²) in [5, 5.41) is 0. The lowest BCUT2D eigenvalue weighted by Gasteiger charge is -2.15. The average Bonchev–Trinajstić information content (AvgIpc) is 2.65. The van der Waals surface area contributed by atoms with Gasteiger partial charge < -0.3 is 9.47 Å². The Labute approximate surface area is 100.0 Å². The van der Waals surface area contributed by atoms with Crippen molar-refractivity contribution in [3.63, 3.8) is 0 Å². The van der Waals surface area contributed by atoms with E-state index in [1.165, 1.54) is 11.0 Å². The van der Waals surface area contributed by atoms with Gasteiger partial charge in [0.2, 0.25) is 0 Å². The Morgan fingerprint density at radius 2 is 2.53 bits per heavy atom. The normalized spacial score (nSPS) is 19.0. The van der Waals surface area contributed by atoms with Crippen molar-refractivity contribution in [2.75, 3.05) is 19.8 Å². The first kappa shape index (κ1) is 13.1. The van der Waals surface area contributed by atoms with Crippen molar-refractivity contribution in [1.29, 1.82) is 0 Å². The van der Waals surface area contributed by atoms with E-state index < -0.39 is 12.1 Å². The van der Waals surface area contributed by atoms with Gasteiger partial charge in [-0.3, -0.25) is 4.90 Å². The summed E-state index contributed by atoms with van der Waals surface area (Å²) < 4.78 is 9.63. The zero-order valence-corrected chi connectivity index (χ0v) is 9.72. The molecule has 1 rings (SSSR count). The van der Waals surface area contributed by atoms with Crippen molar-refractivity contribution in [1.82, 2.24) is 4.90 Å². The Kier molecular flexibility index (Phi) is 5.04. The minimum absolute atomic E-state index is 0.236. The summed E-state index contributed by atoms with van der Waals surface area (Å²) >= 11 is 0. The minimum atomic E-state index is -0.425. The zero-order valence-electron chi connectivity index (χ0n) is 9.72. The predicted octanol–water partition coefficient (Wildman–Crippen LogP) is 1.27. The third kappa shape index (κ3) is 3.81. The van der Waals surface area contributed by atoms with E-state index in [1.54, 1.807) is 19.1 Å². The molecule has 0 unspecified atom stereocenters. The summed E-state index contributed by atoms with van der Waals surface area (Å²) in [6, 6.07) is -0.253. The Morgan fingerprint density at radius 1 is 1.76 bits per heavy atom. The molecule has 5 nitrogen and oxygen atoms in total. The number of cyclic esters (lactones) is 1. The summed E-state index contributed by atoms with van der Waals surface area (Å²) in [6.07, 6.45) is 4.12. The molecule has 0 aromatic rings. The fourth-order valence-corrected chi connectivity index (χ4v) is 1.38. The number of esters is 1. The van der Waals surface area contributed by atoms with E-state index in [-0.39, 0.29) is 12.6 Å². The largest absolute Gasteiger partial charge is 0.463 e. The highest BCUT2D eigenvalue weighted by molar-refractivity contribution is 5.82. The highest BCUT2D eigenvalue weighted by atomic mass is 16.6. The quantitative estimate of drug-likeness (QED) is 0.410. The molecule has 5 heteroatoms. The molecule has 1 aliphatic rings. The van der Waals surface area contributed by atoms with Crippen LogP contribution in [0.2, 0.25) is 0 Å². The van der Waals surface area contributed by atoms with Gasteiger partial charge >= 0.3 is 12.1 Å². The molecule has 0 N–H and O–H groups in total. The van der Waals surface area contributed by atoms with Crippen molar-refractivity contribution in [2.24, 2.45) is 0 Å². The van der Waals surface area contributed by atoms with Gasteiger partial charge in [0, 0.05) is 6.08 Å². The lowest BCUT2D eigenvalue weighted by molar-refractivity contribution is -0.137. The van der Waals surface area contributed by atoms with Gasteiger partial charge in [0.1, 0.15) is 6.61 Å². The molecule has 1 saturated heterocycles. The van der Waals surface area contributed by atoms with Crippen LogP contribution in [-0.2, 0) is 14.3 Å². The lowest BCUT2D eigenvalue weighted by atomic mass is 10.2. The molecule has 1 fully saturated rings. The van der Waals surface area contributed by atoms with Gasteiger partial charge in [0.25, 0.3) is 0 Å². The average molecular weight is 237 g/mol. The third-order valence-electron chi connectivity index (χ3n) is 2.19. The number of nitrogens with zero attached hydrogens (tertiary/aromatic N) is 1. The van der Waals surface area contributed by atoms with E-state index in [0.29, 0.717) is 13.2 Å². The summed E-state index contributed by atoms with van der Waals surface area (Å²) in [7, 11) is 0. The van der Waals surface area contributed by atoms with Gasteiger partial charge in [0.05, 0.1) is 19.2 Å². The Morgan fingerprint density at radius 3 is 3.18 bits per heavy atom. The molecule has 92 valence electrons. The van der Waals surface area contributed by atoms with Gasteiger partial charge in [-0.25, -0.2) is 9.59 Å². The van der Waals surface area contributed by atoms with E-state index >= 15 is 0 Å². The smallest absolute Gasteiger partial charge is 0.410 e. The monoisotopic (exact) mass is 237 g/mol. The van der Waals surface area contributed by atoms with E-state index in [1.807, 2.05) is 0 Å². The summed E-state index contributed by atoms with van der Waals surface area (Å²) in [4.78, 5) is 23.9. The predicted molar refractivity (Wildman–Crippen MR) is 61.3 cm³/mol. The maximum Gasteiger partial charge on any atom is 0.410 e. The molecule has 0 saturated carbocycles. The van der Waals surface area contributed by atoms with E-state index in [0.717, 1.165) is 0 Å². The van der Waals surface area contributed by atoms with Crippen LogP contribution in [0.3, 0.4) is 0 Å². The molecule has 0 bridgehead atoms. The van der Waals surface area contributed by atoms with Crippen LogP contribution in [0.5, 0.6) is 0 Å². The van der Waals surface area contributed by atoms with Crippen LogP contribution < -0.4 is 0 Å². The molecule has 1 amide bonds. The molecule has 1 atom stereocenters. The van der Waals surface area contributed by atoms with Gasteiger partial charge in [0.15, 0.2) is 0 Å². The summed E-state index contributed by atoms with van der Waals surface area (Å²) in [5.74, 6) is -0.425. The summed E-state index contributed by atoms with van der Waals surface area (Å²) in [5.41, 5.74) is 2.58. The van der Waals surface area contributed by atoms with Crippen molar-refractivity contribution in [3.8, 4) is 0 Å². The van der Waals surface area contributed by atoms with Gasteiger partial charge in [-0.1, -0.05) is 12.7 Å². The number of carbonyl (C=O) groups excluding carboxylic acids is 2. The molecule has 0 aliphatic carbocycles. The SMILES string of the molecule is C=C=CCN1C(=O)OC[C@@H]1/C=C/C(=O)OCC. The molecule has 0 aromatic carbocycles. The van der Waals surface area contributed by atoms with Crippen LogP contribution in [0.4, 0.5) is 4.79 Å². The highest BCUT2D eigenvalue weighted by Gasteiger charge is 2.30. The molecule has 1 aliphatic heterocycles. The minimum Gasteiger partial charge on any atom is -0.463 e. The van der Waals surface area contributed by atoms with Gasteiger partial charge in [-0.15, -0.1) is 5.73 Å². The molecule has 0 aromatic heterocycles. The van der Waals surface area contributed by atoms with Crippen molar-refractivity contribution in [3.05, 3.63) is 30.5 Å². The maximum atomic E-state index is 11.3. The Bertz CT molecular complexity index is 369. The van der Waals surface area contributed by atoms with Crippen LogP contribution in [0.25, 0.3) is 0 Å². The molecule has 0 spiro atoms. The third-order valence-corrected chi connectivity index (χ3v) is 2.19. The highest BCUT2D eigenvalue weighted by Crippen LogP contribution is 2.13. The molecular formula is C12H15NO4. The molecular weight excluding hydrogens is 222 g/mol. The number of ether oxygens (including phenoxy) is 2. The van der Waals surface area contributed by atoms with E-state index in [4.69, 9.17) is 9.47 Å². The van der Waals surface area contributed by atoms with Crippen molar-refractivity contribution >= 4 is 12.1 Å². The number of rotatable bonds is 5. The first-order valence-electron chi connectivity index (χ1n) is 5.31. The Balaban J connectivity index is 2.59. The van der Waals surface area contributed by atoms with Crippen LogP contribution in [0.15, 0.2) is 30.5 Å². The van der Waals surface area contributed by atoms with Crippen LogP contribution in [-0.4, -0.2) is 42.8 Å². The topological polar surface area (TPSA) is 55.8 Å². The Hall–Kier alpha value is -2.00. The second-order valence-electron chi connectivity index (χ2n) is 3.32. The lowest BCUT2D eigenvalue weighted by Crippen LogP contribution is -2.32.